The third kappa shape index (κ3) is 3.80. The van der Waals surface area contributed by atoms with Gasteiger partial charge in [-0.15, -0.1) is 11.6 Å². The normalized spacial score (nSPS) is 12.2. The Balaban J connectivity index is 3.15. The lowest BCUT2D eigenvalue weighted by atomic mass is 9.96. The Morgan fingerprint density at radius 1 is 1.39 bits per heavy atom. The van der Waals surface area contributed by atoms with E-state index in [0.717, 1.165) is 0 Å². The zero-order valence-electron chi connectivity index (χ0n) is 9.40. The summed E-state index contributed by atoms with van der Waals surface area (Å²) in [6.45, 7) is 0. The number of hydrogen-bond acceptors (Lipinski definition) is 3. The Labute approximate surface area is 118 Å². The molecule has 6 heteroatoms. The smallest absolute Gasteiger partial charge is 0.337 e. The molecule has 0 heterocycles. The average Bonchev–Trinajstić information content (AvgIpc) is 2.38. The van der Waals surface area contributed by atoms with Gasteiger partial charge in [0.1, 0.15) is 5.78 Å². The predicted molar refractivity (Wildman–Crippen MR) is 71.1 cm³/mol. The summed E-state index contributed by atoms with van der Waals surface area (Å²) in [4.78, 5) is 22.2. The van der Waals surface area contributed by atoms with Gasteiger partial charge in [-0.2, -0.15) is 0 Å². The van der Waals surface area contributed by atoms with Crippen molar-refractivity contribution in [2.75, 3.05) is 5.33 Å². The van der Waals surface area contributed by atoms with Crippen LogP contribution in [-0.4, -0.2) is 27.3 Å². The molecule has 1 aromatic carbocycles. The van der Waals surface area contributed by atoms with Crippen LogP contribution in [0.25, 0.3) is 0 Å². The van der Waals surface area contributed by atoms with Gasteiger partial charge < -0.3 is 10.2 Å². The van der Waals surface area contributed by atoms with Crippen LogP contribution >= 0.6 is 27.5 Å². The summed E-state index contributed by atoms with van der Waals surface area (Å²) in [6, 6.07) is 4.85. The van der Waals surface area contributed by atoms with Crippen LogP contribution in [0.2, 0.25) is 0 Å². The monoisotopic (exact) mass is 334 g/mol. The molecule has 18 heavy (non-hydrogen) atoms. The van der Waals surface area contributed by atoms with Crippen molar-refractivity contribution in [3.05, 3.63) is 34.9 Å². The Morgan fingerprint density at radius 3 is 2.56 bits per heavy atom. The van der Waals surface area contributed by atoms with E-state index in [0.29, 0.717) is 11.1 Å². The first-order valence-electron chi connectivity index (χ1n) is 5.15. The summed E-state index contributed by atoms with van der Waals surface area (Å²) in [5.74, 6) is -1.23. The molecule has 1 aromatic rings. The zero-order valence-corrected chi connectivity index (χ0v) is 11.7. The third-order valence-electron chi connectivity index (χ3n) is 2.43. The van der Waals surface area contributed by atoms with Crippen molar-refractivity contribution in [1.82, 2.24) is 0 Å². The molecule has 1 atom stereocenters. The summed E-state index contributed by atoms with van der Waals surface area (Å²) in [7, 11) is 0. The molecule has 0 aliphatic heterocycles. The number of alkyl halides is 2. The molecule has 1 unspecified atom stereocenters. The van der Waals surface area contributed by atoms with Gasteiger partial charge in [-0.25, -0.2) is 4.79 Å². The number of Topliss-reactive ketones (excluding diaryl/α,β-unsaturated/α-hetero) is 1. The Hall–Kier alpha value is -0.910. The first-order valence-corrected chi connectivity index (χ1v) is 6.81. The van der Waals surface area contributed by atoms with Gasteiger partial charge >= 0.3 is 5.97 Å². The molecule has 0 fully saturated rings. The SMILES string of the molecule is O=C(CBr)Cc1ccc(CCl)cc1C(O)C(=O)O. The number of ketones is 1. The van der Waals surface area contributed by atoms with Crippen LogP contribution in [0.3, 0.4) is 0 Å². The average molecular weight is 336 g/mol. The van der Waals surface area contributed by atoms with Crippen molar-refractivity contribution in [2.24, 2.45) is 0 Å². The summed E-state index contributed by atoms with van der Waals surface area (Å²) in [6.07, 6.45) is -1.57. The van der Waals surface area contributed by atoms with Crippen molar-refractivity contribution < 1.29 is 19.8 Å². The van der Waals surface area contributed by atoms with Gasteiger partial charge in [0.2, 0.25) is 0 Å². The molecule has 0 saturated carbocycles. The number of benzene rings is 1. The highest BCUT2D eigenvalue weighted by atomic mass is 79.9. The van der Waals surface area contributed by atoms with Crippen LogP contribution in [0.4, 0.5) is 0 Å². The van der Waals surface area contributed by atoms with E-state index in [1.807, 2.05) is 0 Å². The molecule has 0 amide bonds. The number of carboxylic acids is 1. The van der Waals surface area contributed by atoms with Gasteiger partial charge in [0.15, 0.2) is 6.10 Å². The van der Waals surface area contributed by atoms with Crippen molar-refractivity contribution in [3.8, 4) is 0 Å². The van der Waals surface area contributed by atoms with E-state index in [1.54, 1.807) is 12.1 Å². The van der Waals surface area contributed by atoms with Crippen LogP contribution in [0, 0.1) is 0 Å². The van der Waals surface area contributed by atoms with E-state index in [4.69, 9.17) is 16.7 Å². The standard InChI is InChI=1S/C12H12BrClO4/c13-5-9(15)4-8-2-1-7(6-14)3-10(8)11(16)12(17)18/h1-3,11,16H,4-6H2,(H,17,18). The maximum absolute atomic E-state index is 11.4. The summed E-state index contributed by atoms with van der Waals surface area (Å²) in [5.41, 5.74) is 1.42. The van der Waals surface area contributed by atoms with Gasteiger partial charge in [0.05, 0.1) is 5.33 Å². The second-order valence-electron chi connectivity index (χ2n) is 3.76. The number of halogens is 2. The quantitative estimate of drug-likeness (QED) is 0.780. The molecule has 0 aliphatic rings. The van der Waals surface area contributed by atoms with Gasteiger partial charge in [-0.3, -0.25) is 4.79 Å². The number of carboxylic acid groups (broad SMARTS) is 1. The zero-order chi connectivity index (χ0) is 13.7. The number of carbonyl (C=O) groups is 2. The number of aliphatic hydroxyl groups is 1. The third-order valence-corrected chi connectivity index (χ3v) is 3.36. The maximum Gasteiger partial charge on any atom is 0.337 e. The number of rotatable bonds is 6. The van der Waals surface area contributed by atoms with Crippen molar-refractivity contribution in [1.29, 1.82) is 0 Å². The van der Waals surface area contributed by atoms with E-state index < -0.39 is 12.1 Å². The molecule has 2 N–H and O–H groups in total. The van der Waals surface area contributed by atoms with Crippen LogP contribution < -0.4 is 0 Å². The highest BCUT2D eigenvalue weighted by Gasteiger charge is 2.20. The molecule has 0 aliphatic carbocycles. The highest BCUT2D eigenvalue weighted by Crippen LogP contribution is 2.22. The van der Waals surface area contributed by atoms with E-state index in [2.05, 4.69) is 15.9 Å². The lowest BCUT2D eigenvalue weighted by Gasteiger charge is -2.13. The van der Waals surface area contributed by atoms with Gasteiger partial charge in [0, 0.05) is 12.3 Å². The fraction of sp³-hybridized carbons (Fsp3) is 0.333. The fourth-order valence-corrected chi connectivity index (χ4v) is 1.90. The van der Waals surface area contributed by atoms with Crippen molar-refractivity contribution in [3.63, 3.8) is 0 Å². The summed E-state index contributed by atoms with van der Waals surface area (Å²) >= 11 is 8.71. The van der Waals surface area contributed by atoms with E-state index in [9.17, 15) is 14.7 Å². The minimum atomic E-state index is -1.65. The van der Waals surface area contributed by atoms with E-state index >= 15 is 0 Å². The number of aliphatic carboxylic acids is 1. The molecule has 0 spiro atoms. The lowest BCUT2D eigenvalue weighted by Crippen LogP contribution is -2.15. The summed E-state index contributed by atoms with van der Waals surface area (Å²) < 4.78 is 0. The molecule has 1 rings (SSSR count). The largest absolute Gasteiger partial charge is 0.479 e. The van der Waals surface area contributed by atoms with E-state index in [-0.39, 0.29) is 29.0 Å². The summed E-state index contributed by atoms with van der Waals surface area (Å²) in [5, 5.41) is 18.6. The molecule has 0 aromatic heterocycles. The Morgan fingerprint density at radius 2 is 2.06 bits per heavy atom. The Kier molecular flexibility index (Phi) is 5.78. The fourth-order valence-electron chi connectivity index (χ4n) is 1.54. The van der Waals surface area contributed by atoms with Gasteiger partial charge in [0.25, 0.3) is 0 Å². The topological polar surface area (TPSA) is 74.6 Å². The molecule has 0 radical (unpaired) electrons. The molecule has 4 nitrogen and oxygen atoms in total. The second kappa shape index (κ2) is 6.87. The first kappa shape index (κ1) is 15.1. The molecule has 0 saturated heterocycles. The maximum atomic E-state index is 11.4. The second-order valence-corrected chi connectivity index (χ2v) is 4.58. The highest BCUT2D eigenvalue weighted by molar-refractivity contribution is 9.09. The van der Waals surface area contributed by atoms with Crippen molar-refractivity contribution >= 4 is 39.3 Å². The van der Waals surface area contributed by atoms with Crippen LogP contribution in [0.15, 0.2) is 18.2 Å². The van der Waals surface area contributed by atoms with Crippen LogP contribution in [-0.2, 0) is 21.9 Å². The van der Waals surface area contributed by atoms with Gasteiger partial charge in [-0.05, 0) is 16.7 Å². The number of aliphatic hydroxyl groups excluding tert-OH is 1. The lowest BCUT2D eigenvalue weighted by molar-refractivity contribution is -0.147. The molecular formula is C12H12BrClO4. The van der Waals surface area contributed by atoms with Gasteiger partial charge in [-0.1, -0.05) is 34.1 Å². The number of carbonyl (C=O) groups excluding carboxylic acids is 1. The van der Waals surface area contributed by atoms with Crippen LogP contribution in [0.1, 0.15) is 22.8 Å². The molecule has 0 bridgehead atoms. The van der Waals surface area contributed by atoms with Crippen LogP contribution in [0.5, 0.6) is 0 Å². The predicted octanol–water partition coefficient (Wildman–Crippen LogP) is 2.05. The van der Waals surface area contributed by atoms with Crippen molar-refractivity contribution in [2.45, 2.75) is 18.4 Å². The number of hydrogen-bond donors (Lipinski definition) is 2. The first-order chi connectivity index (χ1) is 8.49. The molecular weight excluding hydrogens is 323 g/mol. The minimum Gasteiger partial charge on any atom is -0.479 e. The Bertz CT molecular complexity index is 461. The molecule has 98 valence electrons. The minimum absolute atomic E-state index is 0.0769. The van der Waals surface area contributed by atoms with E-state index in [1.165, 1.54) is 6.07 Å².